The maximum atomic E-state index is 12.4. The first-order chi connectivity index (χ1) is 17.0. The van der Waals surface area contributed by atoms with Gasteiger partial charge in [0.1, 0.15) is 22.6 Å². The SMILES string of the molecule is Cc1ccc(-n2nc3ccc(NC(=O)C=Cc4ccc(-c5ccccc5[N+](=O)[O-])o4)cc3n2)cc1. The van der Waals surface area contributed by atoms with Gasteiger partial charge in [0.25, 0.3) is 5.69 Å². The van der Waals surface area contributed by atoms with Crippen molar-refractivity contribution in [2.75, 3.05) is 5.32 Å². The monoisotopic (exact) mass is 465 g/mol. The molecular formula is C26H19N5O4. The molecule has 0 saturated heterocycles. The van der Waals surface area contributed by atoms with Crippen LogP contribution in [-0.4, -0.2) is 25.8 Å². The summed E-state index contributed by atoms with van der Waals surface area (Å²) in [6.45, 7) is 2.01. The molecule has 2 heterocycles. The lowest BCUT2D eigenvalue weighted by atomic mass is 10.1. The minimum absolute atomic E-state index is 0.0511. The molecule has 0 radical (unpaired) electrons. The largest absolute Gasteiger partial charge is 0.456 e. The Labute approximate surface area is 199 Å². The zero-order valence-corrected chi connectivity index (χ0v) is 18.6. The maximum absolute atomic E-state index is 12.4. The van der Waals surface area contributed by atoms with E-state index in [1.165, 1.54) is 18.2 Å². The van der Waals surface area contributed by atoms with Crippen LogP contribution in [0.4, 0.5) is 11.4 Å². The number of nitrogens with zero attached hydrogens (tertiary/aromatic N) is 4. The van der Waals surface area contributed by atoms with Crippen LogP contribution in [0.1, 0.15) is 11.3 Å². The zero-order chi connectivity index (χ0) is 24.4. The molecule has 2 aromatic heterocycles. The number of benzene rings is 3. The molecule has 3 aromatic carbocycles. The summed E-state index contributed by atoms with van der Waals surface area (Å²) in [5.74, 6) is 0.378. The molecule has 1 amide bonds. The van der Waals surface area contributed by atoms with Gasteiger partial charge in [0.15, 0.2) is 0 Å². The summed E-state index contributed by atoms with van der Waals surface area (Å²) in [4.78, 5) is 24.8. The molecule has 0 atom stereocenters. The minimum atomic E-state index is -0.461. The molecule has 0 fully saturated rings. The van der Waals surface area contributed by atoms with Gasteiger partial charge in [-0.1, -0.05) is 29.8 Å². The van der Waals surface area contributed by atoms with E-state index in [1.54, 1.807) is 53.3 Å². The molecule has 0 unspecified atom stereocenters. The molecule has 35 heavy (non-hydrogen) atoms. The number of hydrogen-bond acceptors (Lipinski definition) is 6. The highest BCUT2D eigenvalue weighted by Crippen LogP contribution is 2.31. The average molecular weight is 465 g/mol. The number of aromatic nitrogens is 3. The number of fused-ring (bicyclic) bond motifs is 1. The number of hydrogen-bond donors (Lipinski definition) is 1. The summed E-state index contributed by atoms with van der Waals surface area (Å²) in [5, 5.41) is 23.0. The molecule has 0 bridgehead atoms. The van der Waals surface area contributed by atoms with Gasteiger partial charge in [-0.25, -0.2) is 0 Å². The summed E-state index contributed by atoms with van der Waals surface area (Å²) in [5.41, 5.74) is 4.24. The average Bonchev–Trinajstić information content (AvgIpc) is 3.50. The Hall–Kier alpha value is -5.05. The number of aryl methyl sites for hydroxylation is 1. The maximum Gasteiger partial charge on any atom is 0.280 e. The van der Waals surface area contributed by atoms with Gasteiger partial charge in [-0.05, 0) is 61.5 Å². The van der Waals surface area contributed by atoms with Crippen LogP contribution in [0.15, 0.2) is 89.4 Å². The molecule has 9 nitrogen and oxygen atoms in total. The Morgan fingerprint density at radius 1 is 1.00 bits per heavy atom. The fourth-order valence-corrected chi connectivity index (χ4v) is 3.56. The second-order valence-electron chi connectivity index (χ2n) is 7.83. The summed E-state index contributed by atoms with van der Waals surface area (Å²) in [7, 11) is 0. The molecule has 1 N–H and O–H groups in total. The zero-order valence-electron chi connectivity index (χ0n) is 18.6. The highest BCUT2D eigenvalue weighted by Gasteiger charge is 2.16. The smallest absolute Gasteiger partial charge is 0.280 e. The summed E-state index contributed by atoms with van der Waals surface area (Å²) in [6, 6.07) is 22.7. The number of nitrogens with one attached hydrogen (secondary N) is 1. The van der Waals surface area contributed by atoms with Crippen LogP contribution >= 0.6 is 0 Å². The highest BCUT2D eigenvalue weighted by atomic mass is 16.6. The second kappa shape index (κ2) is 9.06. The third kappa shape index (κ3) is 4.69. The van der Waals surface area contributed by atoms with Crippen LogP contribution in [0, 0.1) is 17.0 Å². The highest BCUT2D eigenvalue weighted by molar-refractivity contribution is 6.02. The fourth-order valence-electron chi connectivity index (χ4n) is 3.56. The van der Waals surface area contributed by atoms with Gasteiger partial charge < -0.3 is 9.73 Å². The number of carbonyl (C=O) groups excluding carboxylic acids is 1. The number of rotatable bonds is 6. The van der Waals surface area contributed by atoms with Crippen molar-refractivity contribution >= 4 is 34.4 Å². The first-order valence-corrected chi connectivity index (χ1v) is 10.7. The molecule has 9 heteroatoms. The standard InChI is InChI=1S/C26H19N5O4/c1-17-6-9-19(10-7-17)30-28-22-13-8-18(16-23(22)29-30)27-26(32)15-12-20-11-14-25(35-20)21-4-2-3-5-24(21)31(33)34/h2-16H,1H3,(H,27,32). The van der Waals surface area contributed by atoms with E-state index < -0.39 is 4.92 Å². The van der Waals surface area contributed by atoms with Gasteiger partial charge in [0, 0.05) is 17.8 Å². The lowest BCUT2D eigenvalue weighted by molar-refractivity contribution is -0.384. The van der Waals surface area contributed by atoms with Crippen molar-refractivity contribution in [3.05, 3.63) is 106 Å². The van der Waals surface area contributed by atoms with Gasteiger partial charge in [-0.2, -0.15) is 4.80 Å². The number of furan rings is 1. The van der Waals surface area contributed by atoms with Crippen molar-refractivity contribution in [2.24, 2.45) is 0 Å². The minimum Gasteiger partial charge on any atom is -0.456 e. The van der Waals surface area contributed by atoms with E-state index in [0.717, 1.165) is 11.3 Å². The van der Waals surface area contributed by atoms with Crippen LogP contribution in [0.2, 0.25) is 0 Å². The first kappa shape index (κ1) is 21.8. The Kier molecular flexibility index (Phi) is 5.64. The van der Waals surface area contributed by atoms with Crippen LogP contribution < -0.4 is 5.32 Å². The van der Waals surface area contributed by atoms with Crippen LogP contribution in [-0.2, 0) is 4.79 Å². The van der Waals surface area contributed by atoms with Gasteiger partial charge in [-0.3, -0.25) is 14.9 Å². The molecule has 0 saturated carbocycles. The summed E-state index contributed by atoms with van der Waals surface area (Å²) >= 11 is 0. The van der Waals surface area contributed by atoms with E-state index in [-0.39, 0.29) is 11.6 Å². The Morgan fingerprint density at radius 3 is 2.57 bits per heavy atom. The summed E-state index contributed by atoms with van der Waals surface area (Å²) in [6.07, 6.45) is 2.83. The molecule has 0 spiro atoms. The molecule has 5 rings (SSSR count). The topological polar surface area (TPSA) is 116 Å². The number of anilines is 1. The quantitative estimate of drug-likeness (QED) is 0.200. The lowest BCUT2D eigenvalue weighted by Crippen LogP contribution is -2.07. The van der Waals surface area contributed by atoms with Crippen molar-refractivity contribution in [1.29, 1.82) is 0 Å². The predicted octanol–water partition coefficient (Wildman–Crippen LogP) is 5.55. The second-order valence-corrected chi connectivity index (χ2v) is 7.83. The van der Waals surface area contributed by atoms with Crippen LogP contribution in [0.3, 0.4) is 0 Å². The van der Waals surface area contributed by atoms with Gasteiger partial charge in [0.2, 0.25) is 5.91 Å². The van der Waals surface area contributed by atoms with Crippen molar-refractivity contribution in [2.45, 2.75) is 6.92 Å². The number of amides is 1. The van der Waals surface area contributed by atoms with E-state index in [1.807, 2.05) is 31.2 Å². The van der Waals surface area contributed by atoms with Crippen molar-refractivity contribution in [1.82, 2.24) is 15.0 Å². The molecule has 0 aliphatic heterocycles. The van der Waals surface area contributed by atoms with E-state index in [2.05, 4.69) is 15.5 Å². The Balaban J connectivity index is 1.29. The molecule has 0 aliphatic rings. The Bertz CT molecular complexity index is 1580. The predicted molar refractivity (Wildman–Crippen MR) is 132 cm³/mol. The van der Waals surface area contributed by atoms with Gasteiger partial charge >= 0.3 is 0 Å². The first-order valence-electron chi connectivity index (χ1n) is 10.7. The third-order valence-electron chi connectivity index (χ3n) is 5.30. The van der Waals surface area contributed by atoms with Crippen molar-refractivity contribution < 1.29 is 14.1 Å². The normalized spacial score (nSPS) is 11.2. The van der Waals surface area contributed by atoms with Gasteiger partial charge in [0.05, 0.1) is 16.2 Å². The van der Waals surface area contributed by atoms with E-state index in [0.29, 0.717) is 33.8 Å². The molecule has 0 aliphatic carbocycles. The van der Waals surface area contributed by atoms with Crippen molar-refractivity contribution in [3.8, 4) is 17.0 Å². The fraction of sp³-hybridized carbons (Fsp3) is 0.0385. The number of nitro groups is 1. The summed E-state index contributed by atoms with van der Waals surface area (Å²) < 4.78 is 5.68. The lowest BCUT2D eigenvalue weighted by Gasteiger charge is -2.01. The van der Waals surface area contributed by atoms with E-state index >= 15 is 0 Å². The van der Waals surface area contributed by atoms with Crippen LogP contribution in [0.5, 0.6) is 0 Å². The van der Waals surface area contributed by atoms with Crippen molar-refractivity contribution in [3.63, 3.8) is 0 Å². The molecular weight excluding hydrogens is 446 g/mol. The number of para-hydroxylation sites is 1. The van der Waals surface area contributed by atoms with E-state index in [9.17, 15) is 14.9 Å². The number of nitro benzene ring substituents is 1. The van der Waals surface area contributed by atoms with Gasteiger partial charge in [-0.15, -0.1) is 10.2 Å². The van der Waals surface area contributed by atoms with E-state index in [4.69, 9.17) is 4.42 Å². The molecule has 5 aromatic rings. The Morgan fingerprint density at radius 2 is 1.77 bits per heavy atom. The number of carbonyl (C=O) groups is 1. The van der Waals surface area contributed by atoms with Crippen LogP contribution in [0.25, 0.3) is 34.1 Å². The third-order valence-corrected chi connectivity index (χ3v) is 5.30. The molecule has 172 valence electrons.